The number of rotatable bonds is 5. The van der Waals surface area contributed by atoms with Gasteiger partial charge in [0.15, 0.2) is 15.7 Å². The summed E-state index contributed by atoms with van der Waals surface area (Å²) in [6.45, 7) is 5.12. The Bertz CT molecular complexity index is 1210. The lowest BCUT2D eigenvalue weighted by molar-refractivity contribution is 0.293. The van der Waals surface area contributed by atoms with Crippen molar-refractivity contribution in [3.8, 4) is 23.0 Å². The molecule has 0 atom stereocenters. The number of hydrogen-bond acceptors (Lipinski definition) is 7. The summed E-state index contributed by atoms with van der Waals surface area (Å²) >= 11 is 6.01. The van der Waals surface area contributed by atoms with E-state index >= 15 is 0 Å². The highest BCUT2D eigenvalue weighted by atomic mass is 35.5. The lowest BCUT2D eigenvalue weighted by atomic mass is 10.2. The summed E-state index contributed by atoms with van der Waals surface area (Å²) in [5.41, 5.74) is 1.12. The fraction of sp³-hybridized carbons (Fsp3) is 0.350. The molecule has 0 aliphatic carbocycles. The van der Waals surface area contributed by atoms with Gasteiger partial charge >= 0.3 is 0 Å². The Morgan fingerprint density at radius 2 is 2.07 bits per heavy atom. The standard InChI is InChI=1S/C20H21ClN4O4S/c1-12(2)18-23-24-19-15-8-13(10-22-20(15)29-7-6-25(18)19)11-30(26,27)17-9-14(21)4-5-16(17)28-3/h4-5,8-10,12H,6-7,11H2,1-3H3. The van der Waals surface area contributed by atoms with E-state index in [2.05, 4.69) is 15.2 Å². The molecule has 10 heteroatoms. The molecule has 2 aromatic heterocycles. The molecule has 30 heavy (non-hydrogen) atoms. The Hall–Kier alpha value is -2.65. The third-order valence-electron chi connectivity index (χ3n) is 4.82. The molecule has 0 saturated heterocycles. The van der Waals surface area contributed by atoms with Crippen LogP contribution in [0.3, 0.4) is 0 Å². The van der Waals surface area contributed by atoms with Crippen LogP contribution in [-0.4, -0.2) is 41.9 Å². The summed E-state index contributed by atoms with van der Waals surface area (Å²) < 4.78 is 39.1. The van der Waals surface area contributed by atoms with Crippen LogP contribution in [0.4, 0.5) is 0 Å². The van der Waals surface area contributed by atoms with Crippen LogP contribution in [0, 0.1) is 0 Å². The first kappa shape index (κ1) is 20.6. The highest BCUT2D eigenvalue weighted by Crippen LogP contribution is 2.34. The topological polar surface area (TPSA) is 96.2 Å². The predicted molar refractivity (Wildman–Crippen MR) is 112 cm³/mol. The van der Waals surface area contributed by atoms with Crippen LogP contribution in [0.15, 0.2) is 35.4 Å². The van der Waals surface area contributed by atoms with E-state index in [0.29, 0.717) is 41.0 Å². The van der Waals surface area contributed by atoms with E-state index in [1.807, 2.05) is 18.4 Å². The molecule has 8 nitrogen and oxygen atoms in total. The molecule has 0 radical (unpaired) electrons. The maximum atomic E-state index is 13.1. The molecule has 0 amide bonds. The number of halogens is 1. The van der Waals surface area contributed by atoms with Crippen molar-refractivity contribution in [2.24, 2.45) is 0 Å². The fourth-order valence-corrected chi connectivity index (χ4v) is 5.19. The third-order valence-corrected chi connectivity index (χ3v) is 6.75. The van der Waals surface area contributed by atoms with Gasteiger partial charge in [0.05, 0.1) is 25.0 Å². The van der Waals surface area contributed by atoms with Crippen molar-refractivity contribution < 1.29 is 17.9 Å². The number of pyridine rings is 1. The van der Waals surface area contributed by atoms with Crippen molar-refractivity contribution in [3.63, 3.8) is 0 Å². The SMILES string of the molecule is COc1ccc(Cl)cc1S(=O)(=O)Cc1cnc2c(c1)-c1nnc(C(C)C)n1CCO2. The molecule has 0 fully saturated rings. The molecule has 1 aliphatic heterocycles. The number of benzene rings is 1. The summed E-state index contributed by atoms with van der Waals surface area (Å²) in [6, 6.07) is 6.25. The van der Waals surface area contributed by atoms with Crippen molar-refractivity contribution in [3.05, 3.63) is 46.9 Å². The summed E-state index contributed by atoms with van der Waals surface area (Å²) in [5.74, 6) is 2.06. The van der Waals surface area contributed by atoms with Gasteiger partial charge in [0.1, 0.15) is 23.1 Å². The van der Waals surface area contributed by atoms with Gasteiger partial charge in [0, 0.05) is 17.1 Å². The van der Waals surface area contributed by atoms with Gasteiger partial charge in [-0.25, -0.2) is 13.4 Å². The normalized spacial score (nSPS) is 13.4. The zero-order valence-corrected chi connectivity index (χ0v) is 18.4. The molecule has 0 saturated carbocycles. The molecule has 0 bridgehead atoms. The summed E-state index contributed by atoms with van der Waals surface area (Å²) in [4.78, 5) is 4.38. The number of sulfone groups is 1. The van der Waals surface area contributed by atoms with Gasteiger partial charge in [-0.1, -0.05) is 25.4 Å². The van der Waals surface area contributed by atoms with Crippen LogP contribution in [0.5, 0.6) is 11.6 Å². The minimum atomic E-state index is -3.73. The second-order valence-electron chi connectivity index (χ2n) is 7.29. The first-order valence-electron chi connectivity index (χ1n) is 9.41. The Balaban J connectivity index is 1.75. The van der Waals surface area contributed by atoms with E-state index in [1.165, 1.54) is 25.4 Å². The van der Waals surface area contributed by atoms with E-state index in [0.717, 1.165) is 5.82 Å². The van der Waals surface area contributed by atoms with Crippen molar-refractivity contribution in [2.75, 3.05) is 13.7 Å². The van der Waals surface area contributed by atoms with Crippen molar-refractivity contribution in [1.29, 1.82) is 0 Å². The molecule has 0 N–H and O–H groups in total. The molecule has 1 aliphatic rings. The molecular weight excluding hydrogens is 428 g/mol. The first-order chi connectivity index (χ1) is 14.3. The Kier molecular flexibility index (Phi) is 5.42. The molecule has 4 rings (SSSR count). The van der Waals surface area contributed by atoms with E-state index in [9.17, 15) is 8.42 Å². The Morgan fingerprint density at radius 1 is 1.27 bits per heavy atom. The van der Waals surface area contributed by atoms with Gasteiger partial charge in [-0.2, -0.15) is 0 Å². The second-order valence-corrected chi connectivity index (χ2v) is 9.68. The predicted octanol–water partition coefficient (Wildman–Crippen LogP) is 3.49. The van der Waals surface area contributed by atoms with Gasteiger partial charge in [-0.05, 0) is 29.8 Å². The van der Waals surface area contributed by atoms with Crippen LogP contribution < -0.4 is 9.47 Å². The lowest BCUT2D eigenvalue weighted by Gasteiger charge is -2.11. The minimum absolute atomic E-state index is 0.0361. The first-order valence-corrected chi connectivity index (χ1v) is 11.4. The van der Waals surface area contributed by atoms with Crippen LogP contribution in [0.1, 0.15) is 31.2 Å². The van der Waals surface area contributed by atoms with Crippen molar-refractivity contribution in [1.82, 2.24) is 19.7 Å². The summed E-state index contributed by atoms with van der Waals surface area (Å²) in [5, 5.41) is 8.94. The molecule has 3 aromatic rings. The largest absolute Gasteiger partial charge is 0.495 e. The van der Waals surface area contributed by atoms with Crippen LogP contribution >= 0.6 is 11.6 Å². The van der Waals surface area contributed by atoms with Gasteiger partial charge < -0.3 is 14.0 Å². The highest BCUT2D eigenvalue weighted by Gasteiger charge is 2.26. The zero-order valence-electron chi connectivity index (χ0n) is 16.8. The molecular formula is C20H21ClN4O4S. The highest BCUT2D eigenvalue weighted by molar-refractivity contribution is 7.90. The number of nitrogens with zero attached hydrogens (tertiary/aromatic N) is 4. The molecule has 1 aromatic carbocycles. The quantitative estimate of drug-likeness (QED) is 0.589. The lowest BCUT2D eigenvalue weighted by Crippen LogP contribution is -2.10. The Morgan fingerprint density at radius 3 is 2.80 bits per heavy atom. The number of fused-ring (bicyclic) bond motifs is 3. The van der Waals surface area contributed by atoms with E-state index in [1.54, 1.807) is 12.1 Å². The third kappa shape index (κ3) is 3.75. The van der Waals surface area contributed by atoms with E-state index in [-0.39, 0.29) is 22.3 Å². The summed E-state index contributed by atoms with van der Waals surface area (Å²) in [7, 11) is -2.31. The number of aromatic nitrogens is 4. The van der Waals surface area contributed by atoms with Gasteiger partial charge in [-0.15, -0.1) is 10.2 Å². The summed E-state index contributed by atoms with van der Waals surface area (Å²) in [6.07, 6.45) is 1.50. The second kappa shape index (κ2) is 7.88. The molecule has 0 unspecified atom stereocenters. The van der Waals surface area contributed by atoms with Crippen molar-refractivity contribution >= 4 is 21.4 Å². The van der Waals surface area contributed by atoms with Crippen molar-refractivity contribution in [2.45, 2.75) is 37.0 Å². The maximum absolute atomic E-state index is 13.1. The maximum Gasteiger partial charge on any atom is 0.224 e. The van der Waals surface area contributed by atoms with E-state index < -0.39 is 9.84 Å². The van der Waals surface area contributed by atoms with Crippen LogP contribution in [0.25, 0.3) is 11.4 Å². The molecule has 3 heterocycles. The Labute approximate surface area is 179 Å². The average molecular weight is 449 g/mol. The monoisotopic (exact) mass is 448 g/mol. The molecule has 0 spiro atoms. The smallest absolute Gasteiger partial charge is 0.224 e. The van der Waals surface area contributed by atoms with Gasteiger partial charge in [-0.3, -0.25) is 0 Å². The van der Waals surface area contributed by atoms with Crippen LogP contribution in [-0.2, 0) is 22.1 Å². The molecule has 158 valence electrons. The number of methoxy groups -OCH3 is 1. The number of hydrogen-bond donors (Lipinski definition) is 0. The van der Waals surface area contributed by atoms with Gasteiger partial charge in [0.25, 0.3) is 0 Å². The fourth-order valence-electron chi connectivity index (χ4n) is 3.44. The average Bonchev–Trinajstić information content (AvgIpc) is 3.04. The van der Waals surface area contributed by atoms with Gasteiger partial charge in [0.2, 0.25) is 5.88 Å². The van der Waals surface area contributed by atoms with E-state index in [4.69, 9.17) is 21.1 Å². The zero-order chi connectivity index (χ0) is 21.5. The van der Waals surface area contributed by atoms with Crippen LogP contribution in [0.2, 0.25) is 5.02 Å². The minimum Gasteiger partial charge on any atom is -0.495 e. The number of ether oxygens (including phenoxy) is 2.